The highest BCUT2D eigenvalue weighted by Gasteiger charge is 2.62. The Hall–Kier alpha value is -2.62. The lowest BCUT2D eigenvalue weighted by Crippen LogP contribution is -2.47. The lowest BCUT2D eigenvalue weighted by molar-refractivity contribution is -0.135. The van der Waals surface area contributed by atoms with Crippen LogP contribution in [0.1, 0.15) is 51.5 Å². The van der Waals surface area contributed by atoms with Crippen LogP contribution < -0.4 is 5.32 Å². The maximum absolute atomic E-state index is 13.5. The van der Waals surface area contributed by atoms with Gasteiger partial charge in [-0.25, -0.2) is 0 Å². The van der Waals surface area contributed by atoms with Crippen molar-refractivity contribution in [1.82, 2.24) is 10.2 Å². The van der Waals surface area contributed by atoms with E-state index in [0.29, 0.717) is 30.8 Å². The molecule has 2 saturated carbocycles. The normalized spacial score (nSPS) is 25.6. The largest absolute Gasteiger partial charge is 0.353 e. The summed E-state index contributed by atoms with van der Waals surface area (Å²) in [6, 6.07) is 18.8. The predicted molar refractivity (Wildman–Crippen MR) is 127 cm³/mol. The maximum Gasteiger partial charge on any atom is 0.228 e. The summed E-state index contributed by atoms with van der Waals surface area (Å²) in [6.07, 6.45) is 6.11. The van der Waals surface area contributed by atoms with Gasteiger partial charge in [0.25, 0.3) is 0 Å². The summed E-state index contributed by atoms with van der Waals surface area (Å²) in [6.45, 7) is 5.22. The first kappa shape index (κ1) is 21.2. The Morgan fingerprint density at radius 3 is 2.41 bits per heavy atom. The molecule has 0 aromatic heterocycles. The number of rotatable bonds is 6. The number of amides is 2. The fourth-order valence-electron chi connectivity index (χ4n) is 5.92. The molecule has 1 heterocycles. The molecule has 1 spiro atoms. The van der Waals surface area contributed by atoms with Crippen molar-refractivity contribution in [2.24, 2.45) is 16.7 Å². The second-order valence-corrected chi connectivity index (χ2v) is 10.6. The third kappa shape index (κ3) is 3.74. The molecule has 168 valence electrons. The van der Waals surface area contributed by atoms with Gasteiger partial charge < -0.3 is 10.2 Å². The van der Waals surface area contributed by atoms with Crippen molar-refractivity contribution in [3.05, 3.63) is 60.2 Å². The molecule has 4 heteroatoms. The average Bonchev–Trinajstić information content (AvgIpc) is 3.40. The molecule has 2 aromatic carbocycles. The smallest absolute Gasteiger partial charge is 0.228 e. The van der Waals surface area contributed by atoms with Gasteiger partial charge in [0.2, 0.25) is 11.8 Å². The van der Waals surface area contributed by atoms with Crippen LogP contribution in [0, 0.1) is 16.7 Å². The van der Waals surface area contributed by atoms with E-state index in [1.54, 1.807) is 0 Å². The van der Waals surface area contributed by atoms with Gasteiger partial charge in [0.1, 0.15) is 0 Å². The van der Waals surface area contributed by atoms with Crippen molar-refractivity contribution in [1.29, 1.82) is 0 Å². The topological polar surface area (TPSA) is 49.4 Å². The summed E-state index contributed by atoms with van der Waals surface area (Å²) < 4.78 is 0. The van der Waals surface area contributed by atoms with E-state index in [9.17, 15) is 9.59 Å². The van der Waals surface area contributed by atoms with E-state index in [2.05, 4.69) is 53.8 Å². The van der Waals surface area contributed by atoms with E-state index < -0.39 is 5.41 Å². The van der Waals surface area contributed by atoms with Crippen molar-refractivity contribution < 1.29 is 9.59 Å². The molecule has 3 aliphatic rings. The number of carbonyl (C=O) groups is 2. The van der Waals surface area contributed by atoms with Crippen molar-refractivity contribution in [2.75, 3.05) is 13.1 Å². The first-order valence-corrected chi connectivity index (χ1v) is 12.2. The van der Waals surface area contributed by atoms with Crippen LogP contribution in [0.3, 0.4) is 0 Å². The molecule has 2 atom stereocenters. The van der Waals surface area contributed by atoms with Crippen LogP contribution >= 0.6 is 0 Å². The Morgan fingerprint density at radius 1 is 1.03 bits per heavy atom. The minimum atomic E-state index is -0.577. The van der Waals surface area contributed by atoms with E-state index in [1.165, 1.54) is 36.0 Å². The number of benzene rings is 2. The van der Waals surface area contributed by atoms with Gasteiger partial charge in [-0.3, -0.25) is 9.59 Å². The first-order chi connectivity index (χ1) is 15.4. The van der Waals surface area contributed by atoms with Gasteiger partial charge in [0.15, 0.2) is 0 Å². The molecule has 2 aromatic rings. The van der Waals surface area contributed by atoms with Crippen LogP contribution in [0.2, 0.25) is 0 Å². The fraction of sp³-hybridized carbons (Fsp3) is 0.500. The third-order valence-corrected chi connectivity index (χ3v) is 8.04. The van der Waals surface area contributed by atoms with Gasteiger partial charge in [-0.05, 0) is 68.1 Å². The van der Waals surface area contributed by atoms with E-state index in [-0.39, 0.29) is 17.9 Å². The second kappa shape index (κ2) is 8.06. The number of hydrogen-bond acceptors (Lipinski definition) is 2. The summed E-state index contributed by atoms with van der Waals surface area (Å²) in [4.78, 5) is 28.8. The quantitative estimate of drug-likeness (QED) is 0.714. The van der Waals surface area contributed by atoms with Crippen molar-refractivity contribution >= 4 is 11.8 Å². The first-order valence-electron chi connectivity index (χ1n) is 12.2. The van der Waals surface area contributed by atoms with Gasteiger partial charge in [-0.2, -0.15) is 0 Å². The molecular weight excluding hydrogens is 396 g/mol. The molecule has 3 fully saturated rings. The standard InChI is InChI=1S/C28H34N2O2/c1-20(2)29-26(32)28(15-16-30(19-28)25(31)24-18-27(24)13-8-14-27)17-22-11-6-7-12-23(22)21-9-4-3-5-10-21/h3-7,9-12,20,24H,8,13-19H2,1-2H3,(H,29,32)/t24-,28-/m1/s1. The minimum absolute atomic E-state index is 0.0789. The molecular formula is C28H34N2O2. The van der Waals surface area contributed by atoms with Crippen LogP contribution in [0.5, 0.6) is 0 Å². The fourth-order valence-corrected chi connectivity index (χ4v) is 5.92. The van der Waals surface area contributed by atoms with E-state index in [1.807, 2.05) is 24.8 Å². The van der Waals surface area contributed by atoms with Crippen molar-refractivity contribution in [3.8, 4) is 11.1 Å². The molecule has 2 amide bonds. The molecule has 1 aliphatic heterocycles. The Balaban J connectivity index is 1.42. The SMILES string of the molecule is CC(C)NC(=O)[C@@]1(Cc2ccccc2-c2ccccc2)CCN(C(=O)[C@H]2CC23CCC3)C1. The Morgan fingerprint density at radius 2 is 1.75 bits per heavy atom. The predicted octanol–water partition coefficient (Wildman–Crippen LogP) is 4.83. The van der Waals surface area contributed by atoms with E-state index >= 15 is 0 Å². The number of likely N-dealkylation sites (tertiary alicyclic amines) is 1. The molecule has 2 aliphatic carbocycles. The Bertz CT molecular complexity index is 1010. The zero-order chi connectivity index (χ0) is 22.3. The van der Waals surface area contributed by atoms with Gasteiger partial charge in [-0.1, -0.05) is 61.0 Å². The van der Waals surface area contributed by atoms with Gasteiger partial charge in [0.05, 0.1) is 5.41 Å². The molecule has 4 nitrogen and oxygen atoms in total. The van der Waals surface area contributed by atoms with Crippen molar-refractivity contribution in [2.45, 2.75) is 58.4 Å². The van der Waals surface area contributed by atoms with Gasteiger partial charge in [-0.15, -0.1) is 0 Å². The van der Waals surface area contributed by atoms with Gasteiger partial charge in [0, 0.05) is 25.0 Å². The van der Waals surface area contributed by atoms with Gasteiger partial charge >= 0.3 is 0 Å². The van der Waals surface area contributed by atoms with E-state index in [0.717, 1.165) is 12.8 Å². The highest BCUT2D eigenvalue weighted by atomic mass is 16.2. The summed E-state index contributed by atoms with van der Waals surface area (Å²) >= 11 is 0. The summed E-state index contributed by atoms with van der Waals surface area (Å²) in [5.74, 6) is 0.580. The Kier molecular flexibility index (Phi) is 5.35. The monoisotopic (exact) mass is 430 g/mol. The van der Waals surface area contributed by atoms with Crippen LogP contribution in [0.4, 0.5) is 0 Å². The van der Waals surface area contributed by atoms with Crippen molar-refractivity contribution in [3.63, 3.8) is 0 Å². The van der Waals surface area contributed by atoms with Crippen LogP contribution in [-0.4, -0.2) is 35.8 Å². The van der Waals surface area contributed by atoms with Crippen LogP contribution in [0.25, 0.3) is 11.1 Å². The molecule has 1 saturated heterocycles. The molecule has 1 N–H and O–H groups in total. The summed E-state index contributed by atoms with van der Waals surface area (Å²) in [5, 5.41) is 3.17. The number of hydrogen-bond donors (Lipinski definition) is 1. The molecule has 0 bridgehead atoms. The highest BCUT2D eigenvalue weighted by molar-refractivity contribution is 5.88. The number of nitrogens with one attached hydrogen (secondary N) is 1. The average molecular weight is 431 g/mol. The zero-order valence-corrected chi connectivity index (χ0v) is 19.3. The molecule has 5 rings (SSSR count). The zero-order valence-electron chi connectivity index (χ0n) is 19.3. The maximum atomic E-state index is 13.5. The lowest BCUT2D eigenvalue weighted by Gasteiger charge is -2.31. The Labute approximate surface area is 191 Å². The third-order valence-electron chi connectivity index (χ3n) is 8.04. The molecule has 0 unspecified atom stereocenters. The minimum Gasteiger partial charge on any atom is -0.353 e. The van der Waals surface area contributed by atoms with Crippen LogP contribution in [0.15, 0.2) is 54.6 Å². The molecule has 0 radical (unpaired) electrons. The highest BCUT2D eigenvalue weighted by Crippen LogP contribution is 2.66. The summed E-state index contributed by atoms with van der Waals surface area (Å²) in [5.41, 5.74) is 3.26. The van der Waals surface area contributed by atoms with Crippen LogP contribution in [-0.2, 0) is 16.0 Å². The number of carbonyl (C=O) groups excluding carboxylic acids is 2. The van der Waals surface area contributed by atoms with E-state index in [4.69, 9.17) is 0 Å². The molecule has 32 heavy (non-hydrogen) atoms. The summed E-state index contributed by atoms with van der Waals surface area (Å²) in [7, 11) is 0. The number of nitrogens with zero attached hydrogens (tertiary/aromatic N) is 1. The lowest BCUT2D eigenvalue weighted by atomic mass is 9.77. The second-order valence-electron chi connectivity index (χ2n) is 10.6.